The number of para-hydroxylation sites is 1. The summed E-state index contributed by atoms with van der Waals surface area (Å²) in [6.45, 7) is 8.62. The fraction of sp³-hybridized carbons (Fsp3) is 0.175. The summed E-state index contributed by atoms with van der Waals surface area (Å²) in [5, 5.41) is 3.95. The molecule has 0 fully saturated rings. The van der Waals surface area contributed by atoms with Gasteiger partial charge in [-0.1, -0.05) is 91.9 Å². The SMILES string of the molecule is CC1=[C-]CC=C1C.Cc1c(C)n(-c2cc3ccccc3[cH-]2)c2ccccc12.[Zr+2].c1ccc(CCc2ccccc2)cc1. The van der Waals surface area contributed by atoms with Gasteiger partial charge in [-0.25, -0.2) is 11.1 Å². The van der Waals surface area contributed by atoms with Crippen molar-refractivity contribution in [3.8, 4) is 5.69 Å². The van der Waals surface area contributed by atoms with E-state index in [1.807, 2.05) is 0 Å². The molecule has 0 amide bonds. The quantitative estimate of drug-likeness (QED) is 0.172. The third kappa shape index (κ3) is 7.61. The molecule has 0 spiro atoms. The Morgan fingerprint density at radius 1 is 0.690 bits per heavy atom. The van der Waals surface area contributed by atoms with Crippen LogP contribution in [0.25, 0.3) is 27.4 Å². The molecular weight excluding hydrogens is 586 g/mol. The van der Waals surface area contributed by atoms with Crippen LogP contribution in [0.2, 0.25) is 0 Å². The van der Waals surface area contributed by atoms with Crippen molar-refractivity contribution in [2.45, 2.75) is 47.0 Å². The van der Waals surface area contributed by atoms with Crippen LogP contribution in [0.15, 0.2) is 139 Å². The summed E-state index contributed by atoms with van der Waals surface area (Å²) in [6, 6.07) is 43.0. The summed E-state index contributed by atoms with van der Waals surface area (Å²) >= 11 is 0. The van der Waals surface area contributed by atoms with E-state index in [0.717, 1.165) is 19.3 Å². The van der Waals surface area contributed by atoms with E-state index in [1.54, 1.807) is 0 Å². The monoisotopic (exact) mass is 623 g/mol. The molecule has 208 valence electrons. The maximum atomic E-state index is 3.19. The molecule has 1 aliphatic rings. The number of aromatic nitrogens is 1. The molecule has 1 aromatic heterocycles. The number of fused-ring (bicyclic) bond motifs is 2. The molecule has 0 radical (unpaired) electrons. The molecule has 0 saturated heterocycles. The van der Waals surface area contributed by atoms with Crippen molar-refractivity contribution in [3.63, 3.8) is 0 Å². The molecule has 0 N–H and O–H groups in total. The summed E-state index contributed by atoms with van der Waals surface area (Å²) in [6.07, 6.45) is 8.67. The van der Waals surface area contributed by atoms with Gasteiger partial charge >= 0.3 is 26.2 Å². The van der Waals surface area contributed by atoms with E-state index in [2.05, 4.69) is 166 Å². The first kappa shape index (κ1) is 31.3. The van der Waals surface area contributed by atoms with Gasteiger partial charge < -0.3 is 4.57 Å². The zero-order valence-electron chi connectivity index (χ0n) is 25.2. The molecule has 7 rings (SSSR count). The summed E-state index contributed by atoms with van der Waals surface area (Å²) in [5.41, 5.74) is 10.8. The van der Waals surface area contributed by atoms with E-state index in [4.69, 9.17) is 0 Å². The van der Waals surface area contributed by atoms with E-state index in [1.165, 1.54) is 60.9 Å². The molecule has 1 heterocycles. The molecule has 5 aromatic carbocycles. The van der Waals surface area contributed by atoms with Crippen LogP contribution in [-0.2, 0) is 39.0 Å². The minimum atomic E-state index is 0. The Hall–Kier alpha value is -3.61. The second-order valence-electron chi connectivity index (χ2n) is 10.8. The van der Waals surface area contributed by atoms with Gasteiger partial charge in [0, 0.05) is 11.1 Å². The average molecular weight is 625 g/mol. The van der Waals surface area contributed by atoms with Crippen LogP contribution in [0.1, 0.15) is 42.7 Å². The predicted octanol–water partition coefficient (Wildman–Crippen LogP) is 10.7. The summed E-state index contributed by atoms with van der Waals surface area (Å²) in [5.74, 6) is 0. The van der Waals surface area contributed by atoms with E-state index >= 15 is 0 Å². The van der Waals surface area contributed by atoms with Crippen LogP contribution in [0.5, 0.6) is 0 Å². The molecule has 0 unspecified atom stereocenters. The first-order valence-electron chi connectivity index (χ1n) is 14.6. The average Bonchev–Trinajstić information content (AvgIpc) is 3.69. The van der Waals surface area contributed by atoms with Crippen molar-refractivity contribution in [3.05, 3.63) is 167 Å². The van der Waals surface area contributed by atoms with Gasteiger partial charge in [-0.15, -0.1) is 54.4 Å². The second kappa shape index (κ2) is 15.0. The van der Waals surface area contributed by atoms with Crippen LogP contribution < -0.4 is 0 Å². The Kier molecular flexibility index (Phi) is 11.2. The number of hydrogen-bond donors (Lipinski definition) is 0. The van der Waals surface area contributed by atoms with E-state index < -0.39 is 0 Å². The van der Waals surface area contributed by atoms with Gasteiger partial charge in [0.1, 0.15) is 0 Å². The largest absolute Gasteiger partial charge is 2.00 e. The number of hydrogen-bond acceptors (Lipinski definition) is 0. The Labute approximate surface area is 270 Å². The predicted molar refractivity (Wildman–Crippen MR) is 177 cm³/mol. The third-order valence-corrected chi connectivity index (χ3v) is 8.04. The van der Waals surface area contributed by atoms with Crippen molar-refractivity contribution >= 4 is 21.7 Å². The van der Waals surface area contributed by atoms with Crippen molar-refractivity contribution < 1.29 is 26.2 Å². The van der Waals surface area contributed by atoms with Gasteiger partial charge in [0.05, 0.1) is 5.52 Å². The molecular formula is C40H39NZr. The van der Waals surface area contributed by atoms with Crippen molar-refractivity contribution in [1.82, 2.24) is 4.57 Å². The van der Waals surface area contributed by atoms with Crippen LogP contribution in [-0.4, -0.2) is 4.57 Å². The minimum absolute atomic E-state index is 0. The Bertz CT molecular complexity index is 1690. The smallest absolute Gasteiger partial charge is 0.332 e. The maximum Gasteiger partial charge on any atom is 2.00 e. The topological polar surface area (TPSA) is 4.93 Å². The van der Waals surface area contributed by atoms with E-state index in [0.29, 0.717) is 0 Å². The van der Waals surface area contributed by atoms with E-state index in [-0.39, 0.29) is 26.2 Å². The fourth-order valence-corrected chi connectivity index (χ4v) is 5.35. The first-order chi connectivity index (χ1) is 20.0. The molecule has 0 aliphatic heterocycles. The zero-order chi connectivity index (χ0) is 28.6. The normalized spacial score (nSPS) is 12.0. The molecule has 0 saturated carbocycles. The van der Waals surface area contributed by atoms with E-state index in [9.17, 15) is 0 Å². The summed E-state index contributed by atoms with van der Waals surface area (Å²) in [7, 11) is 0. The van der Waals surface area contributed by atoms with Crippen molar-refractivity contribution in [2.75, 3.05) is 0 Å². The van der Waals surface area contributed by atoms with Crippen LogP contribution in [0.3, 0.4) is 0 Å². The standard InChI is InChI=1S/C19H16N.C14H14.C7H9.Zr/c1-13-14(2)20(19-10-6-5-9-18(13)19)17-11-15-7-3-4-8-16(15)12-17;1-3-7-13(8-4-1)11-12-14-9-5-2-6-10-14;1-6-4-3-5-7(6)2;/h3-12H,1-2H3;1-10H,11-12H2;4H,3H2,1-2H3;/q-1;;-1;+2. The number of rotatable bonds is 4. The Morgan fingerprint density at radius 2 is 1.26 bits per heavy atom. The minimum Gasteiger partial charge on any atom is -0.332 e. The van der Waals surface area contributed by atoms with Gasteiger partial charge in [0.25, 0.3) is 0 Å². The molecule has 6 aromatic rings. The van der Waals surface area contributed by atoms with Crippen LogP contribution in [0, 0.1) is 19.9 Å². The number of benzene rings is 4. The summed E-state index contributed by atoms with van der Waals surface area (Å²) in [4.78, 5) is 0. The number of aryl methyl sites for hydroxylation is 3. The molecule has 1 nitrogen and oxygen atoms in total. The second-order valence-corrected chi connectivity index (χ2v) is 10.8. The van der Waals surface area contributed by atoms with Crippen molar-refractivity contribution in [2.24, 2.45) is 0 Å². The molecule has 1 aliphatic carbocycles. The summed E-state index contributed by atoms with van der Waals surface area (Å²) < 4.78 is 2.37. The molecule has 0 bridgehead atoms. The molecule has 2 heteroatoms. The molecule has 42 heavy (non-hydrogen) atoms. The van der Waals surface area contributed by atoms with Gasteiger partial charge in [-0.2, -0.15) is 6.08 Å². The van der Waals surface area contributed by atoms with Gasteiger partial charge in [0.2, 0.25) is 0 Å². The Morgan fingerprint density at radius 3 is 1.81 bits per heavy atom. The first-order valence-corrected chi connectivity index (χ1v) is 14.6. The Balaban J connectivity index is 0.000000160. The number of nitrogens with zero attached hydrogens (tertiary/aromatic N) is 1. The molecule has 0 atom stereocenters. The van der Waals surface area contributed by atoms with Crippen molar-refractivity contribution in [1.29, 1.82) is 0 Å². The zero-order valence-corrected chi connectivity index (χ0v) is 27.7. The fourth-order valence-electron chi connectivity index (χ4n) is 5.35. The third-order valence-electron chi connectivity index (χ3n) is 8.04. The van der Waals surface area contributed by atoms with Crippen LogP contribution in [0.4, 0.5) is 0 Å². The van der Waals surface area contributed by atoms with Gasteiger partial charge in [-0.3, -0.25) is 6.08 Å². The maximum absolute atomic E-state index is 3.19. The number of allylic oxidation sites excluding steroid dienone is 4. The van der Waals surface area contributed by atoms with Crippen LogP contribution >= 0.6 is 0 Å². The van der Waals surface area contributed by atoms with Gasteiger partial charge in [-0.05, 0) is 55.1 Å². The van der Waals surface area contributed by atoms with Gasteiger partial charge in [0.15, 0.2) is 0 Å².